The van der Waals surface area contributed by atoms with Crippen LogP contribution in [0.1, 0.15) is 0 Å². The zero-order chi connectivity index (χ0) is 8.00. The summed E-state index contributed by atoms with van der Waals surface area (Å²) in [5, 5.41) is 0. The second-order valence-corrected chi connectivity index (χ2v) is 0. The van der Waals surface area contributed by atoms with Crippen LogP contribution < -0.4 is 0 Å². The molecule has 0 spiro atoms. The predicted octanol–water partition coefficient (Wildman–Crippen LogP) is -0.198. The maximum absolute atomic E-state index is 7.75. The number of rotatable bonds is 0. The monoisotopic (exact) mass is 244 g/mol. The summed E-state index contributed by atoms with van der Waals surface area (Å²) in [7, 11) is 0. The third-order valence-electron chi connectivity index (χ3n) is 0. The SMILES string of the molecule is [CH-]=O.[CH-]=O.[CH-]=O.[CH-]=O.[CH3-].[CH3-].[Mo]. The van der Waals surface area contributed by atoms with Gasteiger partial charge >= 0.3 is 0 Å². The van der Waals surface area contributed by atoms with E-state index >= 15 is 0 Å². The zero-order valence-corrected chi connectivity index (χ0v) is 8.36. The van der Waals surface area contributed by atoms with Crippen LogP contribution in [0.4, 0.5) is 0 Å². The first kappa shape index (κ1) is 80.2. The fourth-order valence-corrected chi connectivity index (χ4v) is 0. The normalized spacial score (nSPS) is 1.45. The Kier molecular flexibility index (Phi) is 12000. The Morgan fingerprint density at radius 2 is 0.455 bits per heavy atom. The number of hydrogen-bond donors (Lipinski definition) is 0. The van der Waals surface area contributed by atoms with Crippen molar-refractivity contribution in [3.63, 3.8) is 0 Å². The van der Waals surface area contributed by atoms with Crippen molar-refractivity contribution in [2.75, 3.05) is 0 Å². The average Bonchev–Trinajstić information content (AvgIpc) is 2.03. The van der Waals surface area contributed by atoms with E-state index in [2.05, 4.69) is 27.2 Å². The molecule has 0 aromatic rings. The third kappa shape index (κ3) is 1270. The van der Waals surface area contributed by atoms with Crippen LogP contribution >= 0.6 is 0 Å². The molecule has 11 heavy (non-hydrogen) atoms. The van der Waals surface area contributed by atoms with E-state index < -0.39 is 0 Å². The molecule has 0 N–H and O–H groups in total. The van der Waals surface area contributed by atoms with Gasteiger partial charge in [-0.05, 0) is 0 Å². The molecule has 0 aromatic heterocycles. The summed E-state index contributed by atoms with van der Waals surface area (Å²) >= 11 is 0. The molecule has 0 aromatic carbocycles. The van der Waals surface area contributed by atoms with E-state index in [0.29, 0.717) is 0 Å². The minimum absolute atomic E-state index is 0. The van der Waals surface area contributed by atoms with Crippen molar-refractivity contribution in [2.24, 2.45) is 0 Å². The summed E-state index contributed by atoms with van der Waals surface area (Å²) in [5.74, 6) is 0. The number of carbonyl (C=O) groups excluding carboxylic acids is 4. The van der Waals surface area contributed by atoms with Crippen LogP contribution in [-0.4, -0.2) is 27.2 Å². The van der Waals surface area contributed by atoms with Crippen molar-refractivity contribution >= 4 is 27.2 Å². The van der Waals surface area contributed by atoms with Crippen molar-refractivity contribution in [1.82, 2.24) is 0 Å². The molecule has 5 heteroatoms. The Labute approximate surface area is 82.6 Å². The van der Waals surface area contributed by atoms with Gasteiger partial charge in [0.15, 0.2) is 0 Å². The molecule has 0 bridgehead atoms. The van der Waals surface area contributed by atoms with Gasteiger partial charge in [0.2, 0.25) is 0 Å². The van der Waals surface area contributed by atoms with Gasteiger partial charge in [-0.3, -0.25) is 27.2 Å². The van der Waals surface area contributed by atoms with E-state index in [1.165, 1.54) is 0 Å². The van der Waals surface area contributed by atoms with Crippen molar-refractivity contribution in [3.8, 4) is 0 Å². The summed E-state index contributed by atoms with van der Waals surface area (Å²) in [4.78, 5) is 31.0. The van der Waals surface area contributed by atoms with Crippen LogP contribution in [0.5, 0.6) is 0 Å². The molecule has 0 atom stereocenters. The van der Waals surface area contributed by atoms with Crippen LogP contribution in [0.15, 0.2) is 0 Å². The van der Waals surface area contributed by atoms with Crippen LogP contribution in [0.3, 0.4) is 0 Å². The van der Waals surface area contributed by atoms with Crippen molar-refractivity contribution < 1.29 is 40.2 Å². The number of hydrogen-bond acceptors (Lipinski definition) is 4. The Hall–Kier alpha value is -0.632. The molecule has 0 aliphatic rings. The van der Waals surface area contributed by atoms with Gasteiger partial charge in [0.05, 0.1) is 0 Å². The Morgan fingerprint density at radius 3 is 0.455 bits per heavy atom. The van der Waals surface area contributed by atoms with Gasteiger partial charge in [-0.15, -0.1) is 0 Å². The summed E-state index contributed by atoms with van der Waals surface area (Å²) in [5.41, 5.74) is 0. The molecule has 70 valence electrons. The van der Waals surface area contributed by atoms with E-state index in [1.54, 1.807) is 0 Å². The summed E-state index contributed by atoms with van der Waals surface area (Å²) in [6.07, 6.45) is 0. The summed E-state index contributed by atoms with van der Waals surface area (Å²) in [6.45, 7) is 13.0. The second kappa shape index (κ2) is 1640. The predicted molar refractivity (Wildman–Crippen MR) is 39.8 cm³/mol. The van der Waals surface area contributed by atoms with Gasteiger partial charge in [0.1, 0.15) is 0 Å². The van der Waals surface area contributed by atoms with E-state index in [4.69, 9.17) is 19.2 Å². The van der Waals surface area contributed by atoms with Crippen molar-refractivity contribution in [1.29, 1.82) is 0 Å². The molecule has 0 unspecified atom stereocenters. The topological polar surface area (TPSA) is 68.3 Å². The molecule has 0 saturated heterocycles. The quantitative estimate of drug-likeness (QED) is 0.335. The molecule has 0 aliphatic heterocycles. The molecule has 0 rings (SSSR count). The first-order valence-corrected chi connectivity index (χ1v) is 0.943. The third-order valence-corrected chi connectivity index (χ3v) is 0. The smallest absolute Gasteiger partial charge is 0 e. The second-order valence-electron chi connectivity index (χ2n) is 0. The van der Waals surface area contributed by atoms with Crippen LogP contribution in [0, 0.1) is 14.9 Å². The molecule has 0 aliphatic carbocycles. The summed E-state index contributed by atoms with van der Waals surface area (Å²) in [6, 6.07) is 0. The fraction of sp³-hybridized carbons (Fsp3) is 0. The van der Waals surface area contributed by atoms with Gasteiger partial charge in [0, 0.05) is 21.1 Å². The van der Waals surface area contributed by atoms with E-state index in [0.717, 1.165) is 0 Å². The minimum atomic E-state index is 0. The van der Waals surface area contributed by atoms with Crippen LogP contribution in [-0.2, 0) is 40.2 Å². The van der Waals surface area contributed by atoms with Crippen LogP contribution in [0.2, 0.25) is 0 Å². The Balaban J connectivity index is -0.00000000356. The van der Waals surface area contributed by atoms with Gasteiger partial charge in [0.25, 0.3) is 0 Å². The minimum Gasteiger partial charge on any atom is -0.545 e. The van der Waals surface area contributed by atoms with Crippen molar-refractivity contribution in [3.05, 3.63) is 14.9 Å². The maximum Gasteiger partial charge on any atom is 0 e. The Bertz CT molecular complexity index is 22.5. The van der Waals surface area contributed by atoms with E-state index in [1.807, 2.05) is 0 Å². The standard InChI is InChI=1S/4CHO.2CH3.Mo/c4*1-2;;;/h4*1H;2*1H3;/q6*-1;. The van der Waals surface area contributed by atoms with Gasteiger partial charge in [-0.25, -0.2) is 0 Å². The molecule has 0 heterocycles. The van der Waals surface area contributed by atoms with Gasteiger partial charge in [-0.1, -0.05) is 0 Å². The van der Waals surface area contributed by atoms with E-state index in [-0.39, 0.29) is 35.9 Å². The molecule has 0 saturated carbocycles. The largest absolute Gasteiger partial charge is 0.545 e. The zero-order valence-electron chi connectivity index (χ0n) is 6.35. The summed E-state index contributed by atoms with van der Waals surface area (Å²) < 4.78 is 0. The Morgan fingerprint density at radius 1 is 0.455 bits per heavy atom. The van der Waals surface area contributed by atoms with E-state index in [9.17, 15) is 0 Å². The first-order chi connectivity index (χ1) is 4.00. The molecular formula is C6H10MoO4-6. The molecule has 0 amide bonds. The van der Waals surface area contributed by atoms with Gasteiger partial charge in [-0.2, -0.15) is 0 Å². The molecule has 0 radical (unpaired) electrons. The molecular weight excluding hydrogens is 232 g/mol. The molecule has 0 fully saturated rings. The molecule has 4 nitrogen and oxygen atoms in total. The average molecular weight is 242 g/mol. The van der Waals surface area contributed by atoms with Crippen molar-refractivity contribution in [2.45, 2.75) is 0 Å². The maximum atomic E-state index is 7.75. The first-order valence-electron chi connectivity index (χ1n) is 0.943. The van der Waals surface area contributed by atoms with Gasteiger partial charge < -0.3 is 34.0 Å². The van der Waals surface area contributed by atoms with Crippen LogP contribution in [0.25, 0.3) is 0 Å². The fourth-order valence-electron chi connectivity index (χ4n) is 0.